The predicted molar refractivity (Wildman–Crippen MR) is 84.3 cm³/mol. The highest BCUT2D eigenvalue weighted by Crippen LogP contribution is 2.23. The number of likely N-dealkylation sites (tertiary alicyclic amines) is 1. The normalized spacial score (nSPS) is 17.1. The van der Waals surface area contributed by atoms with Gasteiger partial charge in [-0.1, -0.05) is 11.6 Å². The number of nitrogens with zero attached hydrogens (tertiary/aromatic N) is 2. The van der Waals surface area contributed by atoms with Crippen molar-refractivity contribution >= 4 is 23.2 Å². The summed E-state index contributed by atoms with van der Waals surface area (Å²) in [5, 5.41) is 0.701. The second-order valence-electron chi connectivity index (χ2n) is 5.57. The van der Waals surface area contributed by atoms with E-state index >= 15 is 0 Å². The number of carbonyl (C=O) groups excluding carboxylic acids is 1. The summed E-state index contributed by atoms with van der Waals surface area (Å²) in [5.74, 6) is 0.754. The molecule has 1 aliphatic heterocycles. The zero-order chi connectivity index (χ0) is 14.5. The van der Waals surface area contributed by atoms with Crippen molar-refractivity contribution < 1.29 is 4.79 Å². The number of benzene rings is 1. The maximum absolute atomic E-state index is 12.5. The molecular weight excluding hydrogens is 272 g/mol. The molecule has 1 aromatic carbocycles. The Morgan fingerprint density at radius 1 is 1.30 bits per heavy atom. The average Bonchev–Trinajstić information content (AvgIpc) is 2.44. The van der Waals surface area contributed by atoms with Crippen LogP contribution in [-0.2, 0) is 4.79 Å². The zero-order valence-electron chi connectivity index (χ0n) is 12.3. The van der Waals surface area contributed by atoms with E-state index in [1.54, 1.807) is 0 Å². The SMILES string of the molecule is CCN(C(=O)CC1CCN(C)CC1)c1ccc(Cl)cc1. The molecule has 0 atom stereocenters. The molecule has 20 heavy (non-hydrogen) atoms. The molecule has 110 valence electrons. The van der Waals surface area contributed by atoms with Crippen LogP contribution in [0.15, 0.2) is 24.3 Å². The minimum Gasteiger partial charge on any atom is -0.313 e. The molecular formula is C16H23ClN2O. The molecule has 0 spiro atoms. The highest BCUT2D eigenvalue weighted by molar-refractivity contribution is 6.30. The van der Waals surface area contributed by atoms with E-state index in [4.69, 9.17) is 11.6 Å². The van der Waals surface area contributed by atoms with Crippen LogP contribution in [0, 0.1) is 5.92 Å². The lowest BCUT2D eigenvalue weighted by atomic mass is 9.93. The van der Waals surface area contributed by atoms with Crippen molar-refractivity contribution in [3.8, 4) is 0 Å². The summed E-state index contributed by atoms with van der Waals surface area (Å²) in [6.07, 6.45) is 2.91. The van der Waals surface area contributed by atoms with Crippen LogP contribution in [0.1, 0.15) is 26.2 Å². The van der Waals surface area contributed by atoms with Gasteiger partial charge in [-0.15, -0.1) is 0 Å². The van der Waals surface area contributed by atoms with Crippen molar-refractivity contribution in [2.45, 2.75) is 26.2 Å². The smallest absolute Gasteiger partial charge is 0.227 e. The number of halogens is 1. The highest BCUT2D eigenvalue weighted by Gasteiger charge is 2.22. The monoisotopic (exact) mass is 294 g/mol. The minimum absolute atomic E-state index is 0.226. The maximum Gasteiger partial charge on any atom is 0.227 e. The van der Waals surface area contributed by atoms with Crippen molar-refractivity contribution in [3.05, 3.63) is 29.3 Å². The lowest BCUT2D eigenvalue weighted by Crippen LogP contribution is -2.36. The van der Waals surface area contributed by atoms with E-state index in [-0.39, 0.29) is 5.91 Å². The lowest BCUT2D eigenvalue weighted by Gasteiger charge is -2.30. The van der Waals surface area contributed by atoms with Crippen molar-refractivity contribution in [3.63, 3.8) is 0 Å². The van der Waals surface area contributed by atoms with Crippen LogP contribution in [-0.4, -0.2) is 37.5 Å². The quantitative estimate of drug-likeness (QED) is 0.849. The van der Waals surface area contributed by atoms with Crippen LogP contribution in [0.25, 0.3) is 0 Å². The van der Waals surface area contributed by atoms with Gasteiger partial charge in [-0.3, -0.25) is 4.79 Å². The number of anilines is 1. The van der Waals surface area contributed by atoms with Crippen LogP contribution in [0.3, 0.4) is 0 Å². The molecule has 0 unspecified atom stereocenters. The van der Waals surface area contributed by atoms with Gasteiger partial charge in [0.1, 0.15) is 0 Å². The third-order valence-corrected chi connectivity index (χ3v) is 4.31. The highest BCUT2D eigenvalue weighted by atomic mass is 35.5. The molecule has 0 N–H and O–H groups in total. The Morgan fingerprint density at radius 3 is 2.45 bits per heavy atom. The van der Waals surface area contributed by atoms with Crippen molar-refractivity contribution in [2.75, 3.05) is 31.6 Å². The van der Waals surface area contributed by atoms with E-state index in [0.717, 1.165) is 31.6 Å². The molecule has 4 heteroatoms. The number of rotatable bonds is 4. The summed E-state index contributed by atoms with van der Waals surface area (Å²) < 4.78 is 0. The van der Waals surface area contributed by atoms with Gasteiger partial charge in [-0.25, -0.2) is 0 Å². The fourth-order valence-electron chi connectivity index (χ4n) is 2.75. The number of carbonyl (C=O) groups is 1. The van der Waals surface area contributed by atoms with E-state index < -0.39 is 0 Å². The molecule has 0 bridgehead atoms. The van der Waals surface area contributed by atoms with Gasteiger partial charge in [0, 0.05) is 23.7 Å². The fraction of sp³-hybridized carbons (Fsp3) is 0.562. The molecule has 1 amide bonds. The molecule has 3 nitrogen and oxygen atoms in total. The summed E-state index contributed by atoms with van der Waals surface area (Å²) in [6.45, 7) is 4.92. The van der Waals surface area contributed by atoms with Crippen LogP contribution in [0.5, 0.6) is 0 Å². The number of piperidine rings is 1. The molecule has 1 fully saturated rings. The van der Waals surface area contributed by atoms with E-state index in [1.165, 1.54) is 0 Å². The van der Waals surface area contributed by atoms with Crippen LogP contribution in [0.4, 0.5) is 5.69 Å². The molecule has 0 aliphatic carbocycles. The first kappa shape index (κ1) is 15.3. The standard InChI is InChI=1S/C16H23ClN2O/c1-3-19(15-6-4-14(17)5-7-15)16(20)12-13-8-10-18(2)11-9-13/h4-7,13H,3,8-12H2,1-2H3. The van der Waals surface area contributed by atoms with E-state index in [0.29, 0.717) is 23.9 Å². The van der Waals surface area contributed by atoms with Crippen molar-refractivity contribution in [2.24, 2.45) is 5.92 Å². The van der Waals surface area contributed by atoms with Gasteiger partial charge >= 0.3 is 0 Å². The first-order valence-electron chi connectivity index (χ1n) is 7.34. The van der Waals surface area contributed by atoms with Crippen molar-refractivity contribution in [1.29, 1.82) is 0 Å². The molecule has 1 aromatic rings. The van der Waals surface area contributed by atoms with Gasteiger partial charge in [0.05, 0.1) is 0 Å². The Morgan fingerprint density at radius 2 is 1.90 bits per heavy atom. The lowest BCUT2D eigenvalue weighted by molar-refractivity contribution is -0.119. The van der Waals surface area contributed by atoms with Crippen molar-refractivity contribution in [1.82, 2.24) is 4.90 Å². The Hall–Kier alpha value is -1.06. The summed E-state index contributed by atoms with van der Waals surface area (Å²) in [7, 11) is 2.14. The summed E-state index contributed by atoms with van der Waals surface area (Å²) in [6, 6.07) is 7.50. The fourth-order valence-corrected chi connectivity index (χ4v) is 2.87. The molecule has 1 heterocycles. The van der Waals surface area contributed by atoms with Crippen LogP contribution < -0.4 is 4.90 Å². The number of amides is 1. The zero-order valence-corrected chi connectivity index (χ0v) is 13.1. The molecule has 1 saturated heterocycles. The van der Waals surface area contributed by atoms with E-state index in [2.05, 4.69) is 11.9 Å². The Balaban J connectivity index is 1.97. The van der Waals surface area contributed by atoms with E-state index in [9.17, 15) is 4.79 Å². The Bertz CT molecular complexity index is 438. The topological polar surface area (TPSA) is 23.6 Å². The molecule has 0 saturated carbocycles. The Kier molecular flexibility index (Phi) is 5.44. The second kappa shape index (κ2) is 7.09. The first-order valence-corrected chi connectivity index (χ1v) is 7.72. The van der Waals surface area contributed by atoms with Gasteiger partial charge in [0.2, 0.25) is 5.91 Å². The van der Waals surface area contributed by atoms with Gasteiger partial charge in [0.25, 0.3) is 0 Å². The first-order chi connectivity index (χ1) is 9.60. The van der Waals surface area contributed by atoms with Crippen LogP contribution in [0.2, 0.25) is 5.02 Å². The Labute approximate surface area is 126 Å². The van der Waals surface area contributed by atoms with Gasteiger partial charge in [-0.05, 0) is 70.1 Å². The van der Waals surface area contributed by atoms with E-state index in [1.807, 2.05) is 36.1 Å². The molecule has 0 radical (unpaired) electrons. The largest absolute Gasteiger partial charge is 0.313 e. The average molecular weight is 295 g/mol. The van der Waals surface area contributed by atoms with Gasteiger partial charge in [-0.2, -0.15) is 0 Å². The predicted octanol–water partition coefficient (Wildman–Crippen LogP) is 3.42. The number of hydrogen-bond donors (Lipinski definition) is 0. The molecule has 2 rings (SSSR count). The summed E-state index contributed by atoms with van der Waals surface area (Å²) in [4.78, 5) is 16.7. The van der Waals surface area contributed by atoms with Gasteiger partial charge in [0.15, 0.2) is 0 Å². The summed E-state index contributed by atoms with van der Waals surface area (Å²) in [5.41, 5.74) is 0.940. The molecule has 1 aliphatic rings. The number of hydrogen-bond acceptors (Lipinski definition) is 2. The second-order valence-corrected chi connectivity index (χ2v) is 6.00. The summed E-state index contributed by atoms with van der Waals surface area (Å²) >= 11 is 5.90. The van der Waals surface area contributed by atoms with Crippen LogP contribution >= 0.6 is 11.6 Å². The third-order valence-electron chi connectivity index (χ3n) is 4.06. The molecule has 0 aromatic heterocycles. The van der Waals surface area contributed by atoms with Gasteiger partial charge < -0.3 is 9.80 Å². The third kappa shape index (κ3) is 3.97. The minimum atomic E-state index is 0.226. The maximum atomic E-state index is 12.5.